The van der Waals surface area contributed by atoms with Crippen LogP contribution < -0.4 is 10.2 Å². The predicted molar refractivity (Wildman–Crippen MR) is 154 cm³/mol. The second-order valence-electron chi connectivity index (χ2n) is 11.6. The average Bonchev–Trinajstić information content (AvgIpc) is 3.42. The molecule has 10 heteroatoms. The number of aromatic nitrogens is 1. The van der Waals surface area contributed by atoms with Crippen LogP contribution in [0.3, 0.4) is 0 Å². The van der Waals surface area contributed by atoms with Crippen molar-refractivity contribution in [2.45, 2.75) is 44.6 Å². The number of fused-ring (bicyclic) bond motifs is 1. The van der Waals surface area contributed by atoms with Gasteiger partial charge in [0.1, 0.15) is 5.69 Å². The number of carboxylic acid groups (broad SMARTS) is 1. The number of imide groups is 1. The molecule has 10 nitrogen and oxygen atoms in total. The molecule has 41 heavy (non-hydrogen) atoms. The number of rotatable bonds is 8. The van der Waals surface area contributed by atoms with Gasteiger partial charge < -0.3 is 19.4 Å². The fraction of sp³-hybridized carbons (Fsp3) is 0.484. The zero-order valence-corrected chi connectivity index (χ0v) is 23.3. The Bertz CT molecular complexity index is 1400. The molecule has 216 valence electrons. The maximum Gasteiger partial charge on any atom is 0.335 e. The van der Waals surface area contributed by atoms with E-state index in [2.05, 4.69) is 31.2 Å². The Morgan fingerprint density at radius 2 is 1.68 bits per heavy atom. The van der Waals surface area contributed by atoms with Gasteiger partial charge in [-0.1, -0.05) is 17.3 Å². The molecule has 2 N–H and O–H groups in total. The number of piperazine rings is 1. The second-order valence-corrected chi connectivity index (χ2v) is 11.6. The van der Waals surface area contributed by atoms with Crippen LogP contribution in [0.4, 0.5) is 5.69 Å². The van der Waals surface area contributed by atoms with Crippen LogP contribution in [0.15, 0.2) is 47.0 Å². The van der Waals surface area contributed by atoms with Crippen LogP contribution in [0.1, 0.15) is 59.6 Å². The van der Waals surface area contributed by atoms with Gasteiger partial charge in [-0.05, 0) is 68.5 Å². The number of carboxylic acids is 1. The third-order valence-electron chi connectivity index (χ3n) is 8.98. The monoisotopic (exact) mass is 559 g/mol. The first kappa shape index (κ1) is 27.4. The molecule has 1 aromatic heterocycles. The molecule has 2 amide bonds. The summed E-state index contributed by atoms with van der Waals surface area (Å²) in [6.07, 6.45) is 4.33. The van der Waals surface area contributed by atoms with Crippen molar-refractivity contribution >= 4 is 34.4 Å². The predicted octanol–water partition coefficient (Wildman–Crippen LogP) is 3.47. The van der Waals surface area contributed by atoms with Gasteiger partial charge in [0.05, 0.1) is 11.5 Å². The summed E-state index contributed by atoms with van der Waals surface area (Å²) in [7, 11) is 0. The number of benzene rings is 2. The van der Waals surface area contributed by atoms with Crippen molar-refractivity contribution in [2.75, 3.05) is 50.7 Å². The molecule has 3 saturated heterocycles. The first-order valence-electron chi connectivity index (χ1n) is 14.7. The number of carbonyl (C=O) groups excluding carboxylic acids is 2. The van der Waals surface area contributed by atoms with Crippen LogP contribution >= 0.6 is 0 Å². The third-order valence-corrected chi connectivity index (χ3v) is 8.98. The average molecular weight is 560 g/mol. The molecule has 3 aliphatic rings. The van der Waals surface area contributed by atoms with E-state index in [1.165, 1.54) is 19.3 Å². The quantitative estimate of drug-likeness (QED) is 0.400. The van der Waals surface area contributed by atoms with E-state index >= 15 is 0 Å². The fourth-order valence-electron chi connectivity index (χ4n) is 6.44. The van der Waals surface area contributed by atoms with Crippen molar-refractivity contribution in [3.8, 4) is 0 Å². The molecule has 2 aromatic carbocycles. The number of hydrogen-bond donors (Lipinski definition) is 2. The van der Waals surface area contributed by atoms with Crippen LogP contribution in [0, 0.1) is 5.92 Å². The van der Waals surface area contributed by atoms with Gasteiger partial charge >= 0.3 is 5.97 Å². The first-order valence-corrected chi connectivity index (χ1v) is 14.7. The van der Waals surface area contributed by atoms with E-state index in [1.807, 2.05) is 24.3 Å². The van der Waals surface area contributed by atoms with Crippen molar-refractivity contribution < 1.29 is 24.0 Å². The number of anilines is 1. The minimum Gasteiger partial charge on any atom is -0.478 e. The molecule has 3 aromatic rings. The van der Waals surface area contributed by atoms with E-state index in [1.54, 1.807) is 12.1 Å². The van der Waals surface area contributed by atoms with Crippen molar-refractivity contribution in [1.29, 1.82) is 0 Å². The molecule has 4 heterocycles. The Morgan fingerprint density at radius 1 is 0.951 bits per heavy atom. The van der Waals surface area contributed by atoms with E-state index in [0.29, 0.717) is 24.1 Å². The molecule has 1 atom stereocenters. The Balaban J connectivity index is 0.959. The van der Waals surface area contributed by atoms with E-state index in [9.17, 15) is 14.4 Å². The standard InChI is InChI=1S/C31H37N5O5/c37-27-9-8-26(30(38)32-27)28-25-3-1-2-23(29(25)41-33-28)20-35-18-16-34(17-19-35)13-10-21-11-14-36(15-12-21)24-6-4-22(5-7-24)31(39)40/h1-7,21,26H,8-20H2,(H,39,40)(H,32,37,38). The maximum absolute atomic E-state index is 12.4. The lowest BCUT2D eigenvalue weighted by Gasteiger charge is -2.37. The Hall–Kier alpha value is -3.76. The van der Waals surface area contributed by atoms with E-state index in [0.717, 1.165) is 80.5 Å². The molecular formula is C31H37N5O5. The Morgan fingerprint density at radius 3 is 2.39 bits per heavy atom. The molecule has 6 rings (SSSR count). The summed E-state index contributed by atoms with van der Waals surface area (Å²) in [6, 6.07) is 13.2. The van der Waals surface area contributed by atoms with Gasteiger partial charge in [-0.3, -0.25) is 19.8 Å². The smallest absolute Gasteiger partial charge is 0.335 e. The first-order chi connectivity index (χ1) is 19.9. The van der Waals surface area contributed by atoms with Crippen molar-refractivity contribution in [3.63, 3.8) is 0 Å². The molecular weight excluding hydrogens is 522 g/mol. The maximum atomic E-state index is 12.4. The third kappa shape index (κ3) is 6.13. The largest absolute Gasteiger partial charge is 0.478 e. The van der Waals surface area contributed by atoms with Gasteiger partial charge in [-0.15, -0.1) is 0 Å². The summed E-state index contributed by atoms with van der Waals surface area (Å²) in [4.78, 5) is 42.4. The van der Waals surface area contributed by atoms with Crippen molar-refractivity contribution in [2.24, 2.45) is 5.92 Å². The van der Waals surface area contributed by atoms with Gasteiger partial charge in [0.25, 0.3) is 0 Å². The summed E-state index contributed by atoms with van der Waals surface area (Å²) in [6.45, 7) is 8.02. The van der Waals surface area contributed by atoms with Crippen LogP contribution in [0.5, 0.6) is 0 Å². The normalized spacial score (nSPS) is 21.4. The lowest BCUT2D eigenvalue weighted by molar-refractivity contribution is -0.134. The number of nitrogens with zero attached hydrogens (tertiary/aromatic N) is 4. The van der Waals surface area contributed by atoms with Crippen LogP contribution in [0.25, 0.3) is 11.0 Å². The number of carbonyl (C=O) groups is 3. The van der Waals surface area contributed by atoms with Gasteiger partial charge in [0.2, 0.25) is 11.8 Å². The molecule has 3 fully saturated rings. The zero-order chi connectivity index (χ0) is 28.3. The Kier molecular flexibility index (Phi) is 8.02. The molecule has 3 aliphatic heterocycles. The minimum atomic E-state index is -0.885. The fourth-order valence-corrected chi connectivity index (χ4v) is 6.44. The summed E-state index contributed by atoms with van der Waals surface area (Å²) in [5.74, 6) is -1.14. The minimum absolute atomic E-state index is 0.230. The number of nitrogens with one attached hydrogen (secondary N) is 1. The molecule has 0 aliphatic carbocycles. The SMILES string of the molecule is O=C1CCC(c2noc3c(CN4CCN(CCC5CCN(c6ccc(C(=O)O)cc6)CC5)CC4)cccc23)C(=O)N1. The Labute approximate surface area is 239 Å². The highest BCUT2D eigenvalue weighted by molar-refractivity contribution is 6.02. The molecule has 0 saturated carbocycles. The second kappa shape index (κ2) is 12.0. The summed E-state index contributed by atoms with van der Waals surface area (Å²) in [5.41, 5.74) is 3.87. The van der Waals surface area contributed by atoms with Crippen LogP contribution in [0.2, 0.25) is 0 Å². The summed E-state index contributed by atoms with van der Waals surface area (Å²) >= 11 is 0. The van der Waals surface area contributed by atoms with Gasteiger partial charge in [-0.25, -0.2) is 4.79 Å². The summed E-state index contributed by atoms with van der Waals surface area (Å²) in [5, 5.41) is 16.7. The molecule has 1 unspecified atom stereocenters. The van der Waals surface area contributed by atoms with Crippen LogP contribution in [-0.2, 0) is 16.1 Å². The lowest BCUT2D eigenvalue weighted by Crippen LogP contribution is -2.46. The number of amides is 2. The highest BCUT2D eigenvalue weighted by Gasteiger charge is 2.32. The van der Waals surface area contributed by atoms with Gasteiger partial charge in [0.15, 0.2) is 5.58 Å². The molecule has 0 bridgehead atoms. The van der Waals surface area contributed by atoms with Gasteiger partial charge in [-0.2, -0.15) is 0 Å². The number of aromatic carboxylic acids is 1. The topological polar surface area (TPSA) is 119 Å². The highest BCUT2D eigenvalue weighted by Crippen LogP contribution is 2.32. The zero-order valence-electron chi connectivity index (χ0n) is 23.3. The van der Waals surface area contributed by atoms with Crippen LogP contribution in [-0.4, -0.2) is 83.7 Å². The summed E-state index contributed by atoms with van der Waals surface area (Å²) < 4.78 is 5.75. The van der Waals surface area contributed by atoms with Crippen molar-refractivity contribution in [3.05, 3.63) is 59.3 Å². The number of piperidine rings is 2. The van der Waals surface area contributed by atoms with E-state index in [-0.39, 0.29) is 11.8 Å². The number of para-hydroxylation sites is 1. The van der Waals surface area contributed by atoms with E-state index in [4.69, 9.17) is 9.63 Å². The van der Waals surface area contributed by atoms with Crippen molar-refractivity contribution in [1.82, 2.24) is 20.3 Å². The number of hydrogen-bond acceptors (Lipinski definition) is 8. The van der Waals surface area contributed by atoms with Gasteiger partial charge in [0, 0.05) is 68.9 Å². The molecule has 0 spiro atoms. The molecule has 0 radical (unpaired) electrons. The van der Waals surface area contributed by atoms with E-state index < -0.39 is 11.9 Å². The lowest BCUT2D eigenvalue weighted by atomic mass is 9.92. The highest BCUT2D eigenvalue weighted by atomic mass is 16.5.